The van der Waals surface area contributed by atoms with E-state index >= 15 is 0 Å². The van der Waals surface area contributed by atoms with E-state index in [-0.39, 0.29) is 24.0 Å². The van der Waals surface area contributed by atoms with Gasteiger partial charge in [0, 0.05) is 29.1 Å². The first kappa shape index (κ1) is 28.5. The summed E-state index contributed by atoms with van der Waals surface area (Å²) < 4.78 is 0. The third-order valence-electron chi connectivity index (χ3n) is 6.44. The SMILES string of the molecule is CC(C)C[C@@]1(NOC(C)(C)C)C[C@H](CO)[C@H](c2nccs2)N1C(O)c1ccc(C(C)(C)C)c(Cl)c1. The summed E-state index contributed by atoms with van der Waals surface area (Å²) in [5.74, 6) is 0.178. The van der Waals surface area contributed by atoms with Crippen LogP contribution in [-0.2, 0) is 10.3 Å². The number of hydrogen-bond donors (Lipinski definition) is 3. The summed E-state index contributed by atoms with van der Waals surface area (Å²) >= 11 is 8.25. The van der Waals surface area contributed by atoms with Gasteiger partial charge in [-0.05, 0) is 62.1 Å². The molecule has 196 valence electrons. The van der Waals surface area contributed by atoms with Crippen LogP contribution in [0.1, 0.15) is 96.6 Å². The van der Waals surface area contributed by atoms with Gasteiger partial charge in [-0.25, -0.2) is 9.88 Å². The van der Waals surface area contributed by atoms with E-state index in [4.69, 9.17) is 16.4 Å². The third kappa shape index (κ3) is 6.45. The predicted molar refractivity (Wildman–Crippen MR) is 143 cm³/mol. The van der Waals surface area contributed by atoms with Gasteiger partial charge in [0.15, 0.2) is 0 Å². The van der Waals surface area contributed by atoms with Crippen molar-refractivity contribution in [3.63, 3.8) is 0 Å². The molecule has 6 nitrogen and oxygen atoms in total. The molecule has 8 heteroatoms. The van der Waals surface area contributed by atoms with E-state index in [0.29, 0.717) is 29.3 Å². The fourth-order valence-corrected chi connectivity index (χ4v) is 6.41. The lowest BCUT2D eigenvalue weighted by Crippen LogP contribution is -2.58. The molecule has 1 aromatic carbocycles. The molecule has 3 N–H and O–H groups in total. The van der Waals surface area contributed by atoms with Gasteiger partial charge in [-0.3, -0.25) is 4.84 Å². The van der Waals surface area contributed by atoms with Crippen LogP contribution in [0.2, 0.25) is 5.02 Å². The smallest absolute Gasteiger partial charge is 0.135 e. The molecule has 0 radical (unpaired) electrons. The minimum Gasteiger partial charge on any atom is -0.396 e. The van der Waals surface area contributed by atoms with Crippen molar-refractivity contribution in [3.8, 4) is 0 Å². The Kier molecular flexibility index (Phi) is 8.75. The maximum absolute atomic E-state index is 12.0. The zero-order valence-electron chi connectivity index (χ0n) is 22.3. The Bertz CT molecular complexity index is 971. The number of benzene rings is 1. The average Bonchev–Trinajstić information content (AvgIpc) is 3.36. The van der Waals surface area contributed by atoms with Gasteiger partial charge in [-0.2, -0.15) is 5.48 Å². The predicted octanol–water partition coefficient (Wildman–Crippen LogP) is 6.20. The lowest BCUT2D eigenvalue weighted by atomic mass is 9.86. The molecule has 0 spiro atoms. The number of likely N-dealkylation sites (tertiary alicyclic amines) is 1. The van der Waals surface area contributed by atoms with Crippen LogP contribution >= 0.6 is 22.9 Å². The molecule has 1 aliphatic rings. The van der Waals surface area contributed by atoms with Gasteiger partial charge >= 0.3 is 0 Å². The summed E-state index contributed by atoms with van der Waals surface area (Å²) in [6, 6.07) is 5.53. The number of hydrogen-bond acceptors (Lipinski definition) is 7. The molecular weight excluding hydrogens is 482 g/mol. The number of aromatic nitrogens is 1. The molecule has 0 aliphatic carbocycles. The van der Waals surface area contributed by atoms with E-state index in [1.54, 1.807) is 6.20 Å². The number of rotatable bonds is 8. The first-order chi connectivity index (χ1) is 16.2. The normalized spacial score (nSPS) is 24.9. The van der Waals surface area contributed by atoms with Gasteiger partial charge in [0.05, 0.1) is 17.3 Å². The summed E-state index contributed by atoms with van der Waals surface area (Å²) in [6.45, 7) is 16.6. The fraction of sp³-hybridized carbons (Fsp3) is 0.667. The van der Waals surface area contributed by atoms with Gasteiger partial charge in [0.2, 0.25) is 0 Å². The summed E-state index contributed by atoms with van der Waals surface area (Å²) in [5, 5.41) is 25.8. The van der Waals surface area contributed by atoms with Crippen molar-refractivity contribution >= 4 is 22.9 Å². The number of hydroxylamine groups is 1. The standard InChI is InChI=1S/C27H42ClN3O3S/c1-17(2)14-27(30-34-26(6,7)8)15-19(16-32)22(23-29-11-12-35-23)31(27)24(33)18-9-10-20(21(28)13-18)25(3,4)5/h9-13,17,19,22,24,30,32-33H,14-16H2,1-8H3/t19-,22-,24?,27+/m1/s1. The molecule has 1 aliphatic heterocycles. The molecule has 0 saturated carbocycles. The fourth-order valence-electron chi connectivity index (χ4n) is 5.10. The minimum atomic E-state index is -0.984. The molecule has 0 bridgehead atoms. The van der Waals surface area contributed by atoms with Crippen LogP contribution in [0, 0.1) is 11.8 Å². The molecule has 2 aromatic rings. The highest BCUT2D eigenvalue weighted by Crippen LogP contribution is 2.52. The van der Waals surface area contributed by atoms with Crippen LogP contribution in [0.4, 0.5) is 0 Å². The highest BCUT2D eigenvalue weighted by Gasteiger charge is 2.56. The maximum atomic E-state index is 12.0. The Morgan fingerprint density at radius 2 is 1.94 bits per heavy atom. The van der Waals surface area contributed by atoms with Crippen molar-refractivity contribution in [2.45, 2.75) is 97.2 Å². The first-order valence-electron chi connectivity index (χ1n) is 12.4. The lowest BCUT2D eigenvalue weighted by Gasteiger charge is -2.45. The van der Waals surface area contributed by atoms with Gasteiger partial charge < -0.3 is 10.2 Å². The van der Waals surface area contributed by atoms with Crippen LogP contribution in [0.3, 0.4) is 0 Å². The summed E-state index contributed by atoms with van der Waals surface area (Å²) in [7, 11) is 0. The summed E-state index contributed by atoms with van der Waals surface area (Å²) in [4.78, 5) is 12.8. The molecule has 2 heterocycles. The van der Waals surface area contributed by atoms with Crippen molar-refractivity contribution in [1.82, 2.24) is 15.4 Å². The molecule has 4 atom stereocenters. The van der Waals surface area contributed by atoms with E-state index in [2.05, 4.69) is 50.0 Å². The van der Waals surface area contributed by atoms with Crippen LogP contribution in [-0.4, -0.2) is 38.0 Å². The van der Waals surface area contributed by atoms with Gasteiger partial charge in [0.1, 0.15) is 11.2 Å². The monoisotopic (exact) mass is 523 g/mol. The number of aliphatic hydroxyl groups is 2. The number of nitrogens with one attached hydrogen (secondary N) is 1. The van der Waals surface area contributed by atoms with Crippen LogP contribution in [0.25, 0.3) is 0 Å². The van der Waals surface area contributed by atoms with Crippen LogP contribution in [0.5, 0.6) is 0 Å². The van der Waals surface area contributed by atoms with Crippen LogP contribution < -0.4 is 5.48 Å². The largest absolute Gasteiger partial charge is 0.396 e. The Labute approximate surface area is 219 Å². The van der Waals surface area contributed by atoms with Gasteiger partial charge in [0.25, 0.3) is 0 Å². The maximum Gasteiger partial charge on any atom is 0.135 e. The molecular formula is C27H42ClN3O3S. The van der Waals surface area contributed by atoms with Crippen molar-refractivity contribution in [1.29, 1.82) is 0 Å². The molecule has 1 unspecified atom stereocenters. The number of thiazole rings is 1. The second kappa shape index (κ2) is 10.7. The van der Waals surface area contributed by atoms with E-state index in [1.165, 1.54) is 11.3 Å². The molecule has 1 fully saturated rings. The second-order valence-electron chi connectivity index (χ2n) is 12.2. The van der Waals surface area contributed by atoms with Crippen molar-refractivity contribution in [2.24, 2.45) is 11.8 Å². The Hall–Kier alpha value is -1.06. The van der Waals surface area contributed by atoms with Crippen LogP contribution in [0.15, 0.2) is 29.8 Å². The van der Waals surface area contributed by atoms with Crippen molar-refractivity contribution < 1.29 is 15.1 Å². The second-order valence-corrected chi connectivity index (χ2v) is 13.5. The lowest BCUT2D eigenvalue weighted by molar-refractivity contribution is -0.188. The highest BCUT2D eigenvalue weighted by atomic mass is 35.5. The zero-order valence-corrected chi connectivity index (χ0v) is 23.9. The van der Waals surface area contributed by atoms with E-state index in [9.17, 15) is 10.2 Å². The molecule has 35 heavy (non-hydrogen) atoms. The Balaban J connectivity index is 2.14. The number of halogens is 1. The Morgan fingerprint density at radius 3 is 2.43 bits per heavy atom. The average molecular weight is 524 g/mol. The van der Waals surface area contributed by atoms with Gasteiger partial charge in [-0.15, -0.1) is 11.3 Å². The first-order valence-corrected chi connectivity index (χ1v) is 13.7. The topological polar surface area (TPSA) is 77.8 Å². The highest BCUT2D eigenvalue weighted by molar-refractivity contribution is 7.09. The molecule has 3 rings (SSSR count). The zero-order chi connectivity index (χ0) is 26.2. The minimum absolute atomic E-state index is 0.0196. The Morgan fingerprint density at radius 1 is 1.26 bits per heavy atom. The number of nitrogens with zero attached hydrogens (tertiary/aromatic N) is 2. The van der Waals surface area contributed by atoms with E-state index in [1.807, 2.05) is 44.4 Å². The van der Waals surface area contributed by atoms with Crippen molar-refractivity contribution in [2.75, 3.05) is 6.61 Å². The van der Waals surface area contributed by atoms with E-state index in [0.717, 1.165) is 10.6 Å². The van der Waals surface area contributed by atoms with Gasteiger partial charge in [-0.1, -0.05) is 58.4 Å². The molecule has 1 aromatic heterocycles. The number of aliphatic hydroxyl groups excluding tert-OH is 2. The van der Waals surface area contributed by atoms with E-state index < -0.39 is 17.5 Å². The quantitative estimate of drug-likeness (QED) is 0.357. The third-order valence-corrected chi connectivity index (χ3v) is 7.59. The van der Waals surface area contributed by atoms with Crippen molar-refractivity contribution in [3.05, 3.63) is 50.9 Å². The molecule has 1 saturated heterocycles. The summed E-state index contributed by atoms with van der Waals surface area (Å²) in [5.41, 5.74) is 3.84. The molecule has 0 amide bonds. The summed E-state index contributed by atoms with van der Waals surface area (Å²) in [6.07, 6.45) is 2.11.